The Balaban J connectivity index is 1.59. The zero-order chi connectivity index (χ0) is 21.8. The molecule has 4 rings (SSSR count). The third-order valence-corrected chi connectivity index (χ3v) is 5.60. The summed E-state index contributed by atoms with van der Waals surface area (Å²) in [5.74, 6) is 0.0354. The quantitative estimate of drug-likeness (QED) is 0.244. The van der Waals surface area contributed by atoms with E-state index >= 15 is 0 Å². The minimum absolute atomic E-state index is 0.0582. The molecule has 0 bridgehead atoms. The van der Waals surface area contributed by atoms with Crippen LogP contribution in [0.15, 0.2) is 69.2 Å². The Morgan fingerprint density at radius 1 is 1.16 bits per heavy atom. The number of rotatable bonds is 7. The zero-order valence-electron chi connectivity index (χ0n) is 16.6. The maximum absolute atomic E-state index is 13.1. The lowest BCUT2D eigenvalue weighted by molar-refractivity contribution is -0.140. The first-order chi connectivity index (χ1) is 15.0. The van der Waals surface area contributed by atoms with E-state index in [4.69, 9.17) is 9.15 Å². The van der Waals surface area contributed by atoms with E-state index < -0.39 is 5.97 Å². The van der Waals surface area contributed by atoms with Crippen molar-refractivity contribution in [2.75, 3.05) is 7.11 Å². The molecule has 0 saturated heterocycles. The van der Waals surface area contributed by atoms with Gasteiger partial charge < -0.3 is 9.15 Å². The number of hydrogen-bond donors (Lipinski definition) is 0. The molecule has 0 N–H and O–H groups in total. The predicted molar refractivity (Wildman–Crippen MR) is 114 cm³/mol. The number of esters is 1. The molecule has 158 valence electrons. The van der Waals surface area contributed by atoms with Gasteiger partial charge in [-0.1, -0.05) is 23.9 Å². The summed E-state index contributed by atoms with van der Waals surface area (Å²) in [7, 11) is 1.31. The standard InChI is InChI=1S/C22H18FN3O4S/c1-29-19(27)10-11-26-21(28)17-4-2-3-5-18(17)25-22(26)31-13-16-12-30-20(24-16)14-6-8-15(23)9-7-14/h2-9,12H,10-11,13H2,1H3. The number of fused-ring (bicyclic) bond motifs is 1. The Kier molecular flexibility index (Phi) is 6.13. The highest BCUT2D eigenvalue weighted by Crippen LogP contribution is 2.25. The molecule has 0 fully saturated rings. The number of carbonyl (C=O) groups excluding carboxylic acids is 1. The van der Waals surface area contributed by atoms with Crippen molar-refractivity contribution in [2.45, 2.75) is 23.9 Å². The highest BCUT2D eigenvalue weighted by Gasteiger charge is 2.15. The highest BCUT2D eigenvalue weighted by molar-refractivity contribution is 7.98. The van der Waals surface area contributed by atoms with Crippen molar-refractivity contribution in [3.05, 3.63) is 76.7 Å². The summed E-state index contributed by atoms with van der Waals surface area (Å²) in [6.07, 6.45) is 1.58. The van der Waals surface area contributed by atoms with Gasteiger partial charge in [-0.05, 0) is 36.4 Å². The van der Waals surface area contributed by atoms with Crippen LogP contribution >= 0.6 is 11.8 Å². The summed E-state index contributed by atoms with van der Waals surface area (Å²) in [4.78, 5) is 33.6. The molecule has 0 spiro atoms. The second-order valence-electron chi connectivity index (χ2n) is 6.63. The van der Waals surface area contributed by atoms with Gasteiger partial charge in [-0.2, -0.15) is 0 Å². The molecule has 2 aromatic heterocycles. The summed E-state index contributed by atoms with van der Waals surface area (Å²) >= 11 is 1.32. The molecular weight excluding hydrogens is 421 g/mol. The number of benzene rings is 2. The fourth-order valence-corrected chi connectivity index (χ4v) is 3.90. The molecule has 2 heterocycles. The zero-order valence-corrected chi connectivity index (χ0v) is 17.4. The van der Waals surface area contributed by atoms with Crippen molar-refractivity contribution >= 4 is 28.6 Å². The summed E-state index contributed by atoms with van der Waals surface area (Å²) in [6, 6.07) is 12.9. The molecule has 0 radical (unpaired) electrons. The predicted octanol–water partition coefficient (Wildman–Crippen LogP) is 4.05. The summed E-state index contributed by atoms with van der Waals surface area (Å²) in [6.45, 7) is 0.158. The van der Waals surface area contributed by atoms with E-state index in [1.165, 1.54) is 41.8 Å². The van der Waals surface area contributed by atoms with Crippen LogP contribution in [0.5, 0.6) is 0 Å². The van der Waals surface area contributed by atoms with Crippen LogP contribution in [0.1, 0.15) is 12.1 Å². The van der Waals surface area contributed by atoms with Gasteiger partial charge in [0.05, 0.1) is 30.1 Å². The molecule has 0 atom stereocenters. The Morgan fingerprint density at radius 2 is 1.94 bits per heavy atom. The lowest BCUT2D eigenvalue weighted by Gasteiger charge is -2.12. The number of nitrogens with zero attached hydrogens (tertiary/aromatic N) is 3. The van der Waals surface area contributed by atoms with E-state index in [2.05, 4.69) is 9.97 Å². The molecule has 0 saturated carbocycles. The average Bonchev–Trinajstić information content (AvgIpc) is 3.26. The maximum atomic E-state index is 13.1. The van der Waals surface area contributed by atoms with Gasteiger partial charge in [0, 0.05) is 17.9 Å². The van der Waals surface area contributed by atoms with Crippen LogP contribution < -0.4 is 5.56 Å². The van der Waals surface area contributed by atoms with E-state index in [0.717, 1.165) is 0 Å². The van der Waals surface area contributed by atoms with Gasteiger partial charge in [-0.3, -0.25) is 14.2 Å². The lowest BCUT2D eigenvalue weighted by Crippen LogP contribution is -2.24. The Morgan fingerprint density at radius 3 is 2.71 bits per heavy atom. The second-order valence-corrected chi connectivity index (χ2v) is 7.58. The summed E-state index contributed by atoms with van der Waals surface area (Å²) in [5, 5.41) is 0.954. The van der Waals surface area contributed by atoms with Gasteiger partial charge in [0.25, 0.3) is 5.56 Å². The molecule has 7 nitrogen and oxygen atoms in total. The van der Waals surface area contributed by atoms with Crippen molar-refractivity contribution in [3.8, 4) is 11.5 Å². The molecule has 2 aromatic carbocycles. The fourth-order valence-electron chi connectivity index (χ4n) is 3.00. The van der Waals surface area contributed by atoms with Gasteiger partial charge in [0.15, 0.2) is 5.16 Å². The first-order valence-corrected chi connectivity index (χ1v) is 10.4. The van der Waals surface area contributed by atoms with Crippen LogP contribution in [0.4, 0.5) is 4.39 Å². The number of methoxy groups -OCH3 is 1. The number of halogens is 1. The smallest absolute Gasteiger partial charge is 0.307 e. The van der Waals surface area contributed by atoms with Crippen LogP contribution in [-0.2, 0) is 21.8 Å². The fraction of sp³-hybridized carbons (Fsp3) is 0.182. The van der Waals surface area contributed by atoms with Crippen molar-refractivity contribution in [3.63, 3.8) is 0 Å². The molecule has 9 heteroatoms. The lowest BCUT2D eigenvalue weighted by atomic mass is 10.2. The number of oxazole rings is 1. The van der Waals surface area contributed by atoms with Crippen molar-refractivity contribution in [1.29, 1.82) is 0 Å². The van der Waals surface area contributed by atoms with Gasteiger partial charge in [-0.25, -0.2) is 14.4 Å². The van der Waals surface area contributed by atoms with E-state index in [1.54, 1.807) is 30.3 Å². The van der Waals surface area contributed by atoms with E-state index in [9.17, 15) is 14.0 Å². The number of para-hydroxylation sites is 1. The number of carbonyl (C=O) groups is 1. The third-order valence-electron chi connectivity index (χ3n) is 4.59. The topological polar surface area (TPSA) is 87.2 Å². The average molecular weight is 439 g/mol. The number of hydrogen-bond acceptors (Lipinski definition) is 7. The second kappa shape index (κ2) is 9.13. The first kappa shape index (κ1) is 20.8. The van der Waals surface area contributed by atoms with Gasteiger partial charge in [-0.15, -0.1) is 0 Å². The Bertz CT molecular complexity index is 1280. The van der Waals surface area contributed by atoms with Crippen LogP contribution in [0, 0.1) is 5.82 Å². The van der Waals surface area contributed by atoms with E-state index in [0.29, 0.717) is 39.0 Å². The molecule has 0 aliphatic heterocycles. The van der Waals surface area contributed by atoms with Crippen LogP contribution in [0.25, 0.3) is 22.4 Å². The SMILES string of the molecule is COC(=O)CCn1c(SCc2coc(-c3ccc(F)cc3)n2)nc2ccccc2c1=O. The van der Waals surface area contributed by atoms with Crippen molar-refractivity contribution in [2.24, 2.45) is 0 Å². The van der Waals surface area contributed by atoms with Gasteiger partial charge in [0.2, 0.25) is 5.89 Å². The highest BCUT2D eigenvalue weighted by atomic mass is 32.2. The third kappa shape index (κ3) is 4.66. The molecule has 0 amide bonds. The van der Waals surface area contributed by atoms with E-state index in [-0.39, 0.29) is 24.3 Å². The van der Waals surface area contributed by atoms with Crippen LogP contribution in [-0.4, -0.2) is 27.6 Å². The van der Waals surface area contributed by atoms with Gasteiger partial charge >= 0.3 is 5.97 Å². The van der Waals surface area contributed by atoms with E-state index in [1.807, 2.05) is 6.07 Å². The van der Waals surface area contributed by atoms with Gasteiger partial charge in [0.1, 0.15) is 12.1 Å². The van der Waals surface area contributed by atoms with Crippen molar-refractivity contribution in [1.82, 2.24) is 14.5 Å². The number of ether oxygens (including phenoxy) is 1. The van der Waals surface area contributed by atoms with Crippen LogP contribution in [0.2, 0.25) is 0 Å². The van der Waals surface area contributed by atoms with Crippen LogP contribution in [0.3, 0.4) is 0 Å². The molecule has 0 aliphatic carbocycles. The molecule has 0 unspecified atom stereocenters. The molecule has 0 aliphatic rings. The Labute approximate surface area is 180 Å². The summed E-state index contributed by atoms with van der Waals surface area (Å²) in [5.41, 5.74) is 1.67. The normalized spacial score (nSPS) is 11.0. The maximum Gasteiger partial charge on any atom is 0.307 e. The molecule has 31 heavy (non-hydrogen) atoms. The first-order valence-electron chi connectivity index (χ1n) is 9.44. The number of thioether (sulfide) groups is 1. The summed E-state index contributed by atoms with van der Waals surface area (Å²) < 4.78 is 24.8. The largest absolute Gasteiger partial charge is 0.469 e. The molecular formula is C22H18FN3O4S. The monoisotopic (exact) mass is 439 g/mol. The minimum Gasteiger partial charge on any atom is -0.469 e. The Hall–Kier alpha value is -3.46. The minimum atomic E-state index is -0.406. The molecule has 4 aromatic rings. The number of aromatic nitrogens is 3. The van der Waals surface area contributed by atoms with Crippen molar-refractivity contribution < 1.29 is 18.3 Å².